The molecule has 0 aromatic carbocycles. The Balaban J connectivity index is 1.43. The second kappa shape index (κ2) is 9.69. The van der Waals surface area contributed by atoms with E-state index in [1.165, 1.54) is 64.7 Å². The van der Waals surface area contributed by atoms with Crippen molar-refractivity contribution in [2.24, 2.45) is 10.9 Å². The highest BCUT2D eigenvalue weighted by Crippen LogP contribution is 2.31. The third kappa shape index (κ3) is 4.67. The van der Waals surface area contributed by atoms with Crippen LogP contribution < -0.4 is 5.32 Å². The summed E-state index contributed by atoms with van der Waals surface area (Å²) in [5.41, 5.74) is 0.274. The molecule has 1 aromatic rings. The van der Waals surface area contributed by atoms with E-state index in [0.29, 0.717) is 12.0 Å². The highest BCUT2D eigenvalue weighted by Gasteiger charge is 2.40. The van der Waals surface area contributed by atoms with E-state index in [9.17, 15) is 0 Å². The topological polar surface area (TPSA) is 51.9 Å². The van der Waals surface area contributed by atoms with Crippen molar-refractivity contribution in [2.45, 2.75) is 57.0 Å². The predicted octanol–water partition coefficient (Wildman–Crippen LogP) is 2.29. The van der Waals surface area contributed by atoms with Crippen LogP contribution in [0.3, 0.4) is 0 Å². The highest BCUT2D eigenvalue weighted by molar-refractivity contribution is 5.80. The van der Waals surface area contributed by atoms with Crippen LogP contribution >= 0.6 is 0 Å². The van der Waals surface area contributed by atoms with Crippen LogP contribution in [-0.4, -0.2) is 95.7 Å². The molecule has 0 spiro atoms. The van der Waals surface area contributed by atoms with Gasteiger partial charge in [0.25, 0.3) is 0 Å². The zero-order chi connectivity index (χ0) is 21.0. The summed E-state index contributed by atoms with van der Waals surface area (Å²) in [7, 11) is 4.20. The Morgan fingerprint density at radius 1 is 1.13 bits per heavy atom. The highest BCUT2D eigenvalue weighted by atomic mass is 15.3. The van der Waals surface area contributed by atoms with Gasteiger partial charge >= 0.3 is 0 Å². The molecule has 1 N–H and O–H groups in total. The van der Waals surface area contributed by atoms with Gasteiger partial charge in [0.2, 0.25) is 0 Å². The summed E-state index contributed by atoms with van der Waals surface area (Å²) in [5, 5.41) is 3.83. The molecule has 168 valence electrons. The third-order valence-corrected chi connectivity index (χ3v) is 7.86. The van der Waals surface area contributed by atoms with E-state index < -0.39 is 0 Å². The van der Waals surface area contributed by atoms with E-state index in [2.05, 4.69) is 49.7 Å². The minimum atomic E-state index is 0.274. The van der Waals surface area contributed by atoms with E-state index in [-0.39, 0.29) is 5.54 Å². The number of rotatable bonds is 4. The van der Waals surface area contributed by atoms with Gasteiger partial charge in [-0.2, -0.15) is 0 Å². The van der Waals surface area contributed by atoms with Crippen LogP contribution in [0.25, 0.3) is 0 Å². The van der Waals surface area contributed by atoms with Crippen molar-refractivity contribution in [3.05, 3.63) is 18.7 Å². The van der Waals surface area contributed by atoms with Gasteiger partial charge in [-0.05, 0) is 71.2 Å². The van der Waals surface area contributed by atoms with E-state index in [0.717, 1.165) is 25.6 Å². The van der Waals surface area contributed by atoms with Gasteiger partial charge < -0.3 is 19.7 Å². The van der Waals surface area contributed by atoms with Crippen molar-refractivity contribution in [3.63, 3.8) is 0 Å². The first-order valence-electron chi connectivity index (χ1n) is 12.0. The summed E-state index contributed by atoms with van der Waals surface area (Å²) < 4.78 is 2.27. The molecule has 0 saturated carbocycles. The summed E-state index contributed by atoms with van der Waals surface area (Å²) in [6, 6.07) is 0.458. The second-order valence-corrected chi connectivity index (χ2v) is 9.77. The normalized spacial score (nSPS) is 29.2. The Labute approximate surface area is 182 Å². The fraction of sp³-hybridized carbons (Fsp3) is 0.826. The molecule has 4 rings (SSSR count). The lowest BCUT2D eigenvalue weighted by Crippen LogP contribution is -2.62. The standard InChI is InChI=1S/C23H41N7/c1-20-7-13-28(17-21(20)29-16-10-25-19-29)22(24-2)26-18-23(8-14-27(3)15-9-23)30-11-5-4-6-12-30/h10,16,19-21H,4-9,11-15,17-18H2,1-3H3,(H,24,26). The summed E-state index contributed by atoms with van der Waals surface area (Å²) in [4.78, 5) is 16.7. The van der Waals surface area contributed by atoms with Crippen molar-refractivity contribution in [3.8, 4) is 0 Å². The quantitative estimate of drug-likeness (QED) is 0.604. The number of nitrogens with one attached hydrogen (secondary N) is 1. The molecule has 7 heteroatoms. The molecule has 3 fully saturated rings. The number of aromatic nitrogens is 2. The number of hydrogen-bond acceptors (Lipinski definition) is 4. The lowest BCUT2D eigenvalue weighted by molar-refractivity contribution is 0.0167. The molecule has 3 aliphatic heterocycles. The van der Waals surface area contributed by atoms with Gasteiger partial charge in [0.1, 0.15) is 0 Å². The van der Waals surface area contributed by atoms with Gasteiger partial charge in [-0.1, -0.05) is 13.3 Å². The zero-order valence-corrected chi connectivity index (χ0v) is 19.3. The first-order chi connectivity index (χ1) is 14.6. The molecule has 7 nitrogen and oxygen atoms in total. The maximum atomic E-state index is 4.71. The number of piperidine rings is 3. The number of aliphatic imine (C=N–C) groups is 1. The maximum absolute atomic E-state index is 4.71. The van der Waals surface area contributed by atoms with E-state index in [1.54, 1.807) is 0 Å². The predicted molar refractivity (Wildman–Crippen MR) is 123 cm³/mol. The number of likely N-dealkylation sites (tertiary alicyclic amines) is 3. The number of imidazole rings is 1. The van der Waals surface area contributed by atoms with Crippen molar-refractivity contribution in [2.75, 3.05) is 59.9 Å². The first-order valence-corrected chi connectivity index (χ1v) is 12.0. The molecule has 30 heavy (non-hydrogen) atoms. The molecule has 2 unspecified atom stereocenters. The lowest BCUT2D eigenvalue weighted by Gasteiger charge is -2.50. The Morgan fingerprint density at radius 3 is 2.57 bits per heavy atom. The lowest BCUT2D eigenvalue weighted by atomic mass is 9.84. The van der Waals surface area contributed by atoms with E-state index in [1.807, 2.05) is 19.6 Å². The maximum Gasteiger partial charge on any atom is 0.193 e. The third-order valence-electron chi connectivity index (χ3n) is 7.86. The molecular formula is C23H41N7. The van der Waals surface area contributed by atoms with Crippen molar-refractivity contribution < 1.29 is 0 Å². The van der Waals surface area contributed by atoms with Crippen LogP contribution in [0.1, 0.15) is 51.5 Å². The summed E-state index contributed by atoms with van der Waals surface area (Å²) >= 11 is 0. The Bertz CT molecular complexity index is 672. The van der Waals surface area contributed by atoms with Gasteiger partial charge in [0.05, 0.1) is 12.4 Å². The average molecular weight is 416 g/mol. The molecule has 3 aliphatic rings. The van der Waals surface area contributed by atoms with E-state index >= 15 is 0 Å². The average Bonchev–Trinajstić information content (AvgIpc) is 3.32. The van der Waals surface area contributed by atoms with Crippen molar-refractivity contribution >= 4 is 5.96 Å². The van der Waals surface area contributed by atoms with Gasteiger partial charge in [-0.25, -0.2) is 4.98 Å². The van der Waals surface area contributed by atoms with E-state index in [4.69, 9.17) is 4.99 Å². The fourth-order valence-electron chi connectivity index (χ4n) is 5.68. The Morgan fingerprint density at radius 2 is 1.90 bits per heavy atom. The Hall–Kier alpha value is -1.60. The van der Waals surface area contributed by atoms with Crippen molar-refractivity contribution in [1.29, 1.82) is 0 Å². The molecule has 3 saturated heterocycles. The van der Waals surface area contributed by atoms with Crippen LogP contribution in [0, 0.1) is 5.92 Å². The minimum Gasteiger partial charge on any atom is -0.354 e. The fourth-order valence-corrected chi connectivity index (χ4v) is 5.68. The van der Waals surface area contributed by atoms with Gasteiger partial charge in [0.15, 0.2) is 5.96 Å². The van der Waals surface area contributed by atoms with Crippen LogP contribution in [0.4, 0.5) is 0 Å². The van der Waals surface area contributed by atoms with Gasteiger partial charge in [0, 0.05) is 44.6 Å². The molecular weight excluding hydrogens is 374 g/mol. The SMILES string of the molecule is CN=C(NCC1(N2CCCCC2)CCN(C)CC1)N1CCC(C)C(n2ccnc2)C1. The largest absolute Gasteiger partial charge is 0.354 e. The monoisotopic (exact) mass is 415 g/mol. The van der Waals surface area contributed by atoms with Crippen LogP contribution in [-0.2, 0) is 0 Å². The molecule has 0 aliphatic carbocycles. The molecule has 0 bridgehead atoms. The number of guanidine groups is 1. The zero-order valence-electron chi connectivity index (χ0n) is 19.3. The van der Waals surface area contributed by atoms with Gasteiger partial charge in [-0.15, -0.1) is 0 Å². The summed E-state index contributed by atoms with van der Waals surface area (Å²) in [6.45, 7) is 10.4. The van der Waals surface area contributed by atoms with Crippen molar-refractivity contribution in [1.82, 2.24) is 29.6 Å². The van der Waals surface area contributed by atoms with Crippen LogP contribution in [0.5, 0.6) is 0 Å². The smallest absolute Gasteiger partial charge is 0.193 e. The van der Waals surface area contributed by atoms with Gasteiger partial charge in [-0.3, -0.25) is 9.89 Å². The van der Waals surface area contributed by atoms with Crippen LogP contribution in [0.2, 0.25) is 0 Å². The van der Waals surface area contributed by atoms with Crippen LogP contribution in [0.15, 0.2) is 23.7 Å². The first kappa shape index (κ1) is 21.6. The second-order valence-electron chi connectivity index (χ2n) is 9.77. The molecule has 2 atom stereocenters. The Kier molecular flexibility index (Phi) is 6.98. The molecule has 0 radical (unpaired) electrons. The molecule has 1 aromatic heterocycles. The summed E-state index contributed by atoms with van der Waals surface area (Å²) in [6.07, 6.45) is 13.7. The summed E-state index contributed by atoms with van der Waals surface area (Å²) in [5.74, 6) is 1.73. The molecule has 4 heterocycles. The number of hydrogen-bond donors (Lipinski definition) is 1. The minimum absolute atomic E-state index is 0.274. The number of nitrogens with zero attached hydrogens (tertiary/aromatic N) is 6. The molecule has 0 amide bonds.